The second kappa shape index (κ2) is 7.93. The lowest BCUT2D eigenvalue weighted by Gasteiger charge is -2.37. The first-order chi connectivity index (χ1) is 12.0. The Morgan fingerprint density at radius 1 is 1.24 bits per heavy atom. The van der Waals surface area contributed by atoms with Gasteiger partial charge in [-0.15, -0.1) is 0 Å². The summed E-state index contributed by atoms with van der Waals surface area (Å²) in [6.45, 7) is 5.26. The summed E-state index contributed by atoms with van der Waals surface area (Å²) in [4.78, 5) is 28.4. The Morgan fingerprint density at radius 3 is 2.60 bits per heavy atom. The van der Waals surface area contributed by atoms with E-state index in [9.17, 15) is 14.0 Å². The van der Waals surface area contributed by atoms with Crippen LogP contribution in [0.1, 0.15) is 19.8 Å². The smallest absolute Gasteiger partial charge is 0.241 e. The molecule has 6 nitrogen and oxygen atoms in total. The maximum absolute atomic E-state index is 13.2. The maximum Gasteiger partial charge on any atom is 0.241 e. The summed E-state index contributed by atoms with van der Waals surface area (Å²) in [5.41, 5.74) is 0.465. The summed E-state index contributed by atoms with van der Waals surface area (Å²) in [5, 5.41) is 5.75. The van der Waals surface area contributed by atoms with Crippen molar-refractivity contribution in [2.75, 3.05) is 38.0 Å². The van der Waals surface area contributed by atoms with E-state index >= 15 is 0 Å². The van der Waals surface area contributed by atoms with Crippen LogP contribution in [0.4, 0.5) is 10.1 Å². The summed E-state index contributed by atoms with van der Waals surface area (Å²) in [5.74, 6) is -0.429. The van der Waals surface area contributed by atoms with Crippen LogP contribution in [-0.4, -0.2) is 66.4 Å². The standard InChI is InChI=1S/C18H25FN4O2/c1-13(18(25)21-16-4-2-3-14(19)11-16)23-9-7-22(8-10-23)12-17(24)20-15-5-6-15/h2-4,11,13,15H,5-10,12H2,1H3,(H,20,24)(H,21,25)/t13-/m0/s1. The summed E-state index contributed by atoms with van der Waals surface area (Å²) in [6.07, 6.45) is 2.19. The maximum atomic E-state index is 13.2. The van der Waals surface area contributed by atoms with Crippen molar-refractivity contribution in [2.45, 2.75) is 31.8 Å². The van der Waals surface area contributed by atoms with Crippen molar-refractivity contribution in [3.8, 4) is 0 Å². The molecule has 0 unspecified atom stereocenters. The summed E-state index contributed by atoms with van der Waals surface area (Å²) in [6, 6.07) is 5.98. The summed E-state index contributed by atoms with van der Waals surface area (Å²) in [7, 11) is 0. The van der Waals surface area contributed by atoms with Crippen LogP contribution in [0.15, 0.2) is 24.3 Å². The first-order valence-corrected chi connectivity index (χ1v) is 8.83. The molecule has 0 radical (unpaired) electrons. The van der Waals surface area contributed by atoms with Crippen LogP contribution in [0.3, 0.4) is 0 Å². The van der Waals surface area contributed by atoms with Crippen molar-refractivity contribution in [1.29, 1.82) is 0 Å². The van der Waals surface area contributed by atoms with E-state index in [1.165, 1.54) is 12.1 Å². The van der Waals surface area contributed by atoms with E-state index in [4.69, 9.17) is 0 Å². The van der Waals surface area contributed by atoms with Crippen molar-refractivity contribution in [3.05, 3.63) is 30.1 Å². The average Bonchev–Trinajstić information content (AvgIpc) is 3.38. The largest absolute Gasteiger partial charge is 0.352 e. The van der Waals surface area contributed by atoms with Gasteiger partial charge in [0.05, 0.1) is 12.6 Å². The van der Waals surface area contributed by atoms with Crippen molar-refractivity contribution in [2.24, 2.45) is 0 Å². The van der Waals surface area contributed by atoms with Gasteiger partial charge in [0.15, 0.2) is 0 Å². The molecular weight excluding hydrogens is 323 g/mol. The highest BCUT2D eigenvalue weighted by atomic mass is 19.1. The molecule has 136 valence electrons. The highest BCUT2D eigenvalue weighted by Crippen LogP contribution is 2.18. The Morgan fingerprint density at radius 2 is 1.96 bits per heavy atom. The number of carbonyl (C=O) groups excluding carboxylic acids is 2. The summed E-state index contributed by atoms with van der Waals surface area (Å²) < 4.78 is 13.2. The van der Waals surface area contributed by atoms with Gasteiger partial charge < -0.3 is 10.6 Å². The van der Waals surface area contributed by atoms with Gasteiger partial charge in [0.1, 0.15) is 5.82 Å². The Hall–Kier alpha value is -1.99. The van der Waals surface area contributed by atoms with Gasteiger partial charge >= 0.3 is 0 Å². The van der Waals surface area contributed by atoms with Crippen LogP contribution < -0.4 is 10.6 Å². The number of amides is 2. The molecule has 3 rings (SSSR count). The number of hydrogen-bond donors (Lipinski definition) is 2. The van der Waals surface area contributed by atoms with Crippen molar-refractivity contribution in [3.63, 3.8) is 0 Å². The SMILES string of the molecule is C[C@@H](C(=O)Nc1cccc(F)c1)N1CCN(CC(=O)NC2CC2)CC1. The van der Waals surface area contributed by atoms with Crippen molar-refractivity contribution in [1.82, 2.24) is 15.1 Å². The Bertz CT molecular complexity index is 627. The van der Waals surface area contributed by atoms with Crippen LogP contribution in [0, 0.1) is 5.82 Å². The van der Waals surface area contributed by atoms with E-state index < -0.39 is 0 Å². The molecule has 1 saturated carbocycles. The zero-order chi connectivity index (χ0) is 17.8. The predicted octanol–water partition coefficient (Wildman–Crippen LogP) is 1.05. The molecule has 1 saturated heterocycles. The van der Waals surface area contributed by atoms with Crippen LogP contribution >= 0.6 is 0 Å². The summed E-state index contributed by atoms with van der Waals surface area (Å²) >= 11 is 0. The number of nitrogens with zero attached hydrogens (tertiary/aromatic N) is 2. The normalized spacial score (nSPS) is 20.1. The number of rotatable bonds is 6. The molecule has 1 aliphatic heterocycles. The fourth-order valence-corrected chi connectivity index (χ4v) is 2.99. The molecule has 25 heavy (non-hydrogen) atoms. The van der Waals surface area contributed by atoms with Crippen molar-refractivity contribution >= 4 is 17.5 Å². The molecule has 0 spiro atoms. The third-order valence-corrected chi connectivity index (χ3v) is 4.74. The minimum atomic E-state index is -0.372. The fraction of sp³-hybridized carbons (Fsp3) is 0.556. The van der Waals surface area contributed by atoms with Gasteiger partial charge in [0.2, 0.25) is 11.8 Å². The number of nitrogens with one attached hydrogen (secondary N) is 2. The monoisotopic (exact) mass is 348 g/mol. The van der Waals surface area contributed by atoms with E-state index in [2.05, 4.69) is 20.4 Å². The lowest BCUT2D eigenvalue weighted by molar-refractivity contribution is -0.124. The molecule has 2 N–H and O–H groups in total. The lowest BCUT2D eigenvalue weighted by Crippen LogP contribution is -2.54. The molecule has 0 aromatic heterocycles. The molecule has 7 heteroatoms. The van der Waals surface area contributed by atoms with Gasteiger partial charge in [-0.3, -0.25) is 19.4 Å². The van der Waals surface area contributed by atoms with E-state index in [1.807, 2.05) is 6.92 Å². The number of halogens is 1. The molecule has 1 atom stereocenters. The van der Waals surface area contributed by atoms with Gasteiger partial charge in [-0.05, 0) is 38.0 Å². The topological polar surface area (TPSA) is 64.7 Å². The van der Waals surface area contributed by atoms with E-state index in [-0.39, 0.29) is 23.7 Å². The van der Waals surface area contributed by atoms with Crippen LogP contribution in [0.5, 0.6) is 0 Å². The third-order valence-electron chi connectivity index (χ3n) is 4.74. The number of carbonyl (C=O) groups is 2. The van der Waals surface area contributed by atoms with Crippen LogP contribution in [0.2, 0.25) is 0 Å². The van der Waals surface area contributed by atoms with Gasteiger partial charge in [-0.25, -0.2) is 4.39 Å². The van der Waals surface area contributed by atoms with E-state index in [0.717, 1.165) is 39.0 Å². The molecule has 2 aliphatic rings. The Balaban J connectivity index is 1.43. The quantitative estimate of drug-likeness (QED) is 0.807. The average molecular weight is 348 g/mol. The van der Waals surface area contributed by atoms with Gasteiger partial charge in [-0.2, -0.15) is 0 Å². The predicted molar refractivity (Wildman–Crippen MR) is 93.7 cm³/mol. The highest BCUT2D eigenvalue weighted by molar-refractivity contribution is 5.94. The molecule has 2 amide bonds. The van der Waals surface area contributed by atoms with Gasteiger partial charge in [-0.1, -0.05) is 6.07 Å². The second-order valence-corrected chi connectivity index (χ2v) is 6.83. The number of benzene rings is 1. The Labute approximate surface area is 147 Å². The lowest BCUT2D eigenvalue weighted by atomic mass is 10.2. The minimum absolute atomic E-state index is 0.0906. The van der Waals surface area contributed by atoms with Gasteiger partial charge in [0.25, 0.3) is 0 Å². The van der Waals surface area contributed by atoms with Crippen molar-refractivity contribution < 1.29 is 14.0 Å². The molecule has 1 aliphatic carbocycles. The fourth-order valence-electron chi connectivity index (χ4n) is 2.99. The molecular formula is C18H25FN4O2. The first kappa shape index (κ1) is 17.8. The molecule has 1 aromatic rings. The number of anilines is 1. The van der Waals surface area contributed by atoms with Gasteiger partial charge in [0, 0.05) is 37.9 Å². The number of piperazine rings is 1. The highest BCUT2D eigenvalue weighted by Gasteiger charge is 2.28. The first-order valence-electron chi connectivity index (χ1n) is 8.83. The Kier molecular flexibility index (Phi) is 5.65. The minimum Gasteiger partial charge on any atom is -0.352 e. The van der Waals surface area contributed by atoms with E-state index in [1.54, 1.807) is 12.1 Å². The second-order valence-electron chi connectivity index (χ2n) is 6.83. The van der Waals surface area contributed by atoms with Crippen LogP contribution in [0.25, 0.3) is 0 Å². The van der Waals surface area contributed by atoms with Crippen LogP contribution in [-0.2, 0) is 9.59 Å². The zero-order valence-corrected chi connectivity index (χ0v) is 14.5. The molecule has 2 fully saturated rings. The molecule has 1 heterocycles. The number of hydrogen-bond acceptors (Lipinski definition) is 4. The zero-order valence-electron chi connectivity index (χ0n) is 14.5. The molecule has 0 bridgehead atoms. The van der Waals surface area contributed by atoms with E-state index in [0.29, 0.717) is 18.3 Å². The third kappa shape index (κ3) is 5.24. The molecule has 1 aromatic carbocycles.